The smallest absolute Gasteiger partial charge is 0.220 e. The quantitative estimate of drug-likeness (QED) is 0.488. The van der Waals surface area contributed by atoms with Gasteiger partial charge >= 0.3 is 0 Å². The van der Waals surface area contributed by atoms with Crippen LogP contribution in [0.3, 0.4) is 0 Å². The summed E-state index contributed by atoms with van der Waals surface area (Å²) in [4.78, 5) is 20.2. The van der Waals surface area contributed by atoms with E-state index in [1.54, 1.807) is 24.4 Å². The molecule has 0 saturated carbocycles. The molecule has 2 N–H and O–H groups in total. The molecule has 29 heavy (non-hydrogen) atoms. The largest absolute Gasteiger partial charge is 0.361 e. The second-order valence-electron chi connectivity index (χ2n) is 6.99. The minimum atomic E-state index is -0.373. The fraction of sp³-hybridized carbons (Fsp3) is 0.167. The van der Waals surface area contributed by atoms with Crippen LogP contribution in [0.2, 0.25) is 0 Å². The van der Waals surface area contributed by atoms with Crippen molar-refractivity contribution in [3.8, 4) is 0 Å². The summed E-state index contributed by atoms with van der Waals surface area (Å²) < 4.78 is 14.6. The number of H-pyrrole nitrogens is 1. The van der Waals surface area contributed by atoms with E-state index in [1.807, 2.05) is 48.7 Å². The number of pyridine rings is 1. The van der Waals surface area contributed by atoms with Crippen molar-refractivity contribution < 1.29 is 9.18 Å². The summed E-state index contributed by atoms with van der Waals surface area (Å²) in [5.41, 5.74) is 3.34. The summed E-state index contributed by atoms with van der Waals surface area (Å²) in [6, 6.07) is 20.3. The van der Waals surface area contributed by atoms with Gasteiger partial charge in [0.2, 0.25) is 5.91 Å². The summed E-state index contributed by atoms with van der Waals surface area (Å²) in [6.07, 6.45) is 4.44. The summed E-state index contributed by atoms with van der Waals surface area (Å²) >= 11 is 0. The first-order chi connectivity index (χ1) is 14.2. The highest BCUT2D eigenvalue weighted by Gasteiger charge is 2.23. The third-order valence-electron chi connectivity index (χ3n) is 5.10. The Labute approximate surface area is 168 Å². The Hall–Kier alpha value is -3.47. The highest BCUT2D eigenvalue weighted by Crippen LogP contribution is 2.34. The number of benzene rings is 2. The fourth-order valence-electron chi connectivity index (χ4n) is 3.66. The van der Waals surface area contributed by atoms with E-state index < -0.39 is 0 Å². The average Bonchev–Trinajstić information content (AvgIpc) is 3.17. The molecule has 0 radical (unpaired) electrons. The van der Waals surface area contributed by atoms with Gasteiger partial charge in [-0.1, -0.05) is 42.5 Å². The third kappa shape index (κ3) is 4.35. The third-order valence-corrected chi connectivity index (χ3v) is 5.10. The first-order valence-corrected chi connectivity index (χ1v) is 9.69. The number of rotatable bonds is 7. The zero-order valence-corrected chi connectivity index (χ0v) is 15.9. The van der Waals surface area contributed by atoms with E-state index >= 15 is 0 Å². The van der Waals surface area contributed by atoms with Crippen molar-refractivity contribution in [2.75, 3.05) is 6.54 Å². The fourth-order valence-corrected chi connectivity index (χ4v) is 3.66. The van der Waals surface area contributed by atoms with E-state index in [-0.39, 0.29) is 24.1 Å². The molecule has 0 aliphatic carbocycles. The van der Waals surface area contributed by atoms with E-state index in [0.29, 0.717) is 18.5 Å². The number of aromatic nitrogens is 2. The van der Waals surface area contributed by atoms with E-state index in [2.05, 4.69) is 15.3 Å². The lowest BCUT2D eigenvalue weighted by atomic mass is 9.87. The number of nitrogens with one attached hydrogen (secondary N) is 2. The molecule has 4 rings (SSSR count). The number of nitrogens with zero attached hydrogens (tertiary/aromatic N) is 1. The van der Waals surface area contributed by atoms with Crippen LogP contribution < -0.4 is 5.32 Å². The Morgan fingerprint density at radius 2 is 1.79 bits per heavy atom. The SMILES string of the molecule is O=C(C[C@H](c1ccccc1F)c1c[nH]c2ccccc12)NCCc1ccccn1. The predicted molar refractivity (Wildman–Crippen MR) is 112 cm³/mol. The van der Waals surface area contributed by atoms with Gasteiger partial charge in [-0.2, -0.15) is 0 Å². The van der Waals surface area contributed by atoms with Crippen molar-refractivity contribution in [2.45, 2.75) is 18.8 Å². The summed E-state index contributed by atoms with van der Waals surface area (Å²) in [6.45, 7) is 0.494. The molecule has 0 aliphatic heterocycles. The lowest BCUT2D eigenvalue weighted by molar-refractivity contribution is -0.121. The van der Waals surface area contributed by atoms with Crippen molar-refractivity contribution in [3.05, 3.63) is 102 Å². The number of halogens is 1. The van der Waals surface area contributed by atoms with Crippen LogP contribution >= 0.6 is 0 Å². The van der Waals surface area contributed by atoms with Gasteiger partial charge in [0.05, 0.1) is 0 Å². The number of carbonyl (C=O) groups excluding carboxylic acids is 1. The first kappa shape index (κ1) is 18.9. The Morgan fingerprint density at radius 1 is 1.00 bits per heavy atom. The zero-order chi connectivity index (χ0) is 20.1. The van der Waals surface area contributed by atoms with Gasteiger partial charge < -0.3 is 10.3 Å². The number of aromatic amines is 1. The minimum Gasteiger partial charge on any atom is -0.361 e. The number of fused-ring (bicyclic) bond motifs is 1. The van der Waals surface area contributed by atoms with Gasteiger partial charge in [-0.05, 0) is 35.4 Å². The molecule has 5 heteroatoms. The van der Waals surface area contributed by atoms with Gasteiger partial charge in [-0.25, -0.2) is 4.39 Å². The molecule has 0 saturated heterocycles. The zero-order valence-electron chi connectivity index (χ0n) is 15.9. The molecule has 4 aromatic rings. The summed E-state index contributed by atoms with van der Waals surface area (Å²) in [5, 5.41) is 3.95. The molecule has 1 atom stereocenters. The van der Waals surface area contributed by atoms with Crippen LogP contribution in [0.25, 0.3) is 10.9 Å². The van der Waals surface area contributed by atoms with Gasteiger partial charge in [-0.3, -0.25) is 9.78 Å². The van der Waals surface area contributed by atoms with E-state index in [1.165, 1.54) is 6.07 Å². The first-order valence-electron chi connectivity index (χ1n) is 9.69. The second-order valence-corrected chi connectivity index (χ2v) is 6.99. The molecule has 4 nitrogen and oxygen atoms in total. The monoisotopic (exact) mass is 387 g/mol. The van der Waals surface area contributed by atoms with E-state index in [4.69, 9.17) is 0 Å². The topological polar surface area (TPSA) is 57.8 Å². The Kier molecular flexibility index (Phi) is 5.66. The van der Waals surface area contributed by atoms with Crippen molar-refractivity contribution >= 4 is 16.8 Å². The second kappa shape index (κ2) is 8.69. The van der Waals surface area contributed by atoms with Gasteiger partial charge in [0.15, 0.2) is 0 Å². The molecular weight excluding hydrogens is 365 g/mol. The van der Waals surface area contributed by atoms with Gasteiger partial charge in [0.1, 0.15) is 5.82 Å². The van der Waals surface area contributed by atoms with Crippen molar-refractivity contribution in [1.29, 1.82) is 0 Å². The maximum atomic E-state index is 14.6. The van der Waals surface area contributed by atoms with Crippen LogP contribution in [0.15, 0.2) is 79.1 Å². The molecule has 0 fully saturated rings. The van der Waals surface area contributed by atoms with E-state index in [0.717, 1.165) is 22.2 Å². The highest BCUT2D eigenvalue weighted by atomic mass is 19.1. The van der Waals surface area contributed by atoms with Crippen LogP contribution in [0.1, 0.15) is 29.2 Å². The molecule has 0 unspecified atom stereocenters. The number of amides is 1. The highest BCUT2D eigenvalue weighted by molar-refractivity contribution is 5.86. The maximum Gasteiger partial charge on any atom is 0.220 e. The lowest BCUT2D eigenvalue weighted by Gasteiger charge is -2.18. The van der Waals surface area contributed by atoms with Crippen molar-refractivity contribution in [1.82, 2.24) is 15.3 Å². The van der Waals surface area contributed by atoms with Crippen LogP contribution in [0.5, 0.6) is 0 Å². The van der Waals surface area contributed by atoms with Crippen molar-refractivity contribution in [2.24, 2.45) is 0 Å². The Bertz CT molecular complexity index is 1110. The van der Waals surface area contributed by atoms with Crippen LogP contribution in [-0.4, -0.2) is 22.4 Å². The normalized spacial score (nSPS) is 12.0. The molecule has 0 spiro atoms. The molecular formula is C24H22FN3O. The summed E-state index contributed by atoms with van der Waals surface area (Å²) in [5.74, 6) is -0.786. The number of para-hydroxylation sites is 1. The number of hydrogen-bond donors (Lipinski definition) is 2. The molecule has 146 valence electrons. The van der Waals surface area contributed by atoms with Crippen LogP contribution in [0, 0.1) is 5.82 Å². The predicted octanol–water partition coefficient (Wildman–Crippen LogP) is 4.58. The number of hydrogen-bond acceptors (Lipinski definition) is 2. The number of carbonyl (C=O) groups is 1. The van der Waals surface area contributed by atoms with Gasteiger partial charge in [-0.15, -0.1) is 0 Å². The molecule has 0 bridgehead atoms. The molecule has 0 aliphatic rings. The standard InChI is InChI=1S/C24H22FN3O/c25-22-10-3-1-8-18(22)20(21-16-28-23-11-4-2-9-19(21)23)15-24(29)27-14-12-17-7-5-6-13-26-17/h1-11,13,16,20,28H,12,14-15H2,(H,27,29)/t20-/m1/s1. The average molecular weight is 387 g/mol. The van der Waals surface area contributed by atoms with Crippen molar-refractivity contribution in [3.63, 3.8) is 0 Å². The Morgan fingerprint density at radius 3 is 2.62 bits per heavy atom. The lowest BCUT2D eigenvalue weighted by Crippen LogP contribution is -2.27. The van der Waals surface area contributed by atoms with Gasteiger partial charge in [0, 0.05) is 54.3 Å². The van der Waals surface area contributed by atoms with Crippen LogP contribution in [0.4, 0.5) is 4.39 Å². The van der Waals surface area contributed by atoms with Gasteiger partial charge in [0.25, 0.3) is 0 Å². The molecule has 2 aromatic heterocycles. The summed E-state index contributed by atoms with van der Waals surface area (Å²) in [7, 11) is 0. The minimum absolute atomic E-state index is 0.112. The molecule has 1 amide bonds. The molecule has 2 heterocycles. The van der Waals surface area contributed by atoms with E-state index in [9.17, 15) is 9.18 Å². The maximum absolute atomic E-state index is 14.6. The Balaban J connectivity index is 1.54. The molecule has 2 aromatic carbocycles. The van der Waals surface area contributed by atoms with Crippen LogP contribution in [-0.2, 0) is 11.2 Å².